The lowest BCUT2D eigenvalue weighted by atomic mass is 9.78. The van der Waals surface area contributed by atoms with Gasteiger partial charge in [0.25, 0.3) is 0 Å². The van der Waals surface area contributed by atoms with Crippen LogP contribution in [0.2, 0.25) is 0 Å². The van der Waals surface area contributed by atoms with E-state index < -0.39 is 11.7 Å². The highest BCUT2D eigenvalue weighted by molar-refractivity contribution is 7.16. The molecule has 0 saturated heterocycles. The van der Waals surface area contributed by atoms with Gasteiger partial charge in [0.15, 0.2) is 5.13 Å². The number of alkyl halides is 3. The molecule has 0 aliphatic heterocycles. The minimum atomic E-state index is -4.32. The van der Waals surface area contributed by atoms with Gasteiger partial charge in [-0.05, 0) is 51.4 Å². The zero-order valence-electron chi connectivity index (χ0n) is 17.9. The van der Waals surface area contributed by atoms with E-state index in [-0.39, 0.29) is 17.9 Å². The summed E-state index contributed by atoms with van der Waals surface area (Å²) in [4.78, 5) is 24.7. The summed E-state index contributed by atoms with van der Waals surface area (Å²) in [6.07, 6.45) is -2.89. The molecule has 1 N–H and O–H groups in total. The molecule has 1 saturated carbocycles. The molecular formula is C22H23F3N4OS2. The second-order valence-corrected chi connectivity index (χ2v) is 10.2. The Balaban J connectivity index is 1.27. The molecule has 170 valence electrons. The summed E-state index contributed by atoms with van der Waals surface area (Å²) >= 11 is 2.99. The van der Waals surface area contributed by atoms with E-state index in [4.69, 9.17) is 0 Å². The summed E-state index contributed by atoms with van der Waals surface area (Å²) in [5.41, 5.74) is 1.94. The first-order valence-electron chi connectivity index (χ1n) is 10.2. The summed E-state index contributed by atoms with van der Waals surface area (Å²) in [6.45, 7) is 4.45. The summed E-state index contributed by atoms with van der Waals surface area (Å²) in [7, 11) is 1.93. The topological polar surface area (TPSA) is 58.1 Å². The van der Waals surface area contributed by atoms with Gasteiger partial charge in [-0.3, -0.25) is 9.69 Å². The molecule has 1 aliphatic rings. The third-order valence-electron chi connectivity index (χ3n) is 5.69. The minimum Gasteiger partial charge on any atom is -0.302 e. The lowest BCUT2D eigenvalue weighted by Gasteiger charge is -2.40. The predicted octanol–water partition coefficient (Wildman–Crippen LogP) is 5.75. The Labute approximate surface area is 192 Å². The molecule has 1 fully saturated rings. The fourth-order valence-electron chi connectivity index (χ4n) is 3.79. The van der Waals surface area contributed by atoms with Gasteiger partial charge < -0.3 is 5.32 Å². The predicted molar refractivity (Wildman–Crippen MR) is 121 cm³/mol. The van der Waals surface area contributed by atoms with Gasteiger partial charge in [0.05, 0.1) is 26.8 Å². The van der Waals surface area contributed by atoms with Crippen molar-refractivity contribution in [1.82, 2.24) is 14.9 Å². The van der Waals surface area contributed by atoms with Gasteiger partial charge in [0.2, 0.25) is 5.91 Å². The third kappa shape index (κ3) is 5.02. The zero-order valence-corrected chi connectivity index (χ0v) is 19.5. The van der Waals surface area contributed by atoms with Crippen LogP contribution >= 0.6 is 22.7 Å². The van der Waals surface area contributed by atoms with E-state index in [0.717, 1.165) is 39.0 Å². The number of nitrogens with zero attached hydrogens (tertiary/aromatic N) is 3. The van der Waals surface area contributed by atoms with Crippen molar-refractivity contribution in [3.63, 3.8) is 0 Å². The highest BCUT2D eigenvalue weighted by Gasteiger charge is 2.37. The molecule has 0 radical (unpaired) electrons. The number of rotatable bonds is 6. The van der Waals surface area contributed by atoms with Gasteiger partial charge >= 0.3 is 6.18 Å². The van der Waals surface area contributed by atoms with Crippen molar-refractivity contribution >= 4 is 33.7 Å². The Kier molecular flexibility index (Phi) is 6.37. The number of hydrogen-bond donors (Lipinski definition) is 1. The second-order valence-electron chi connectivity index (χ2n) is 8.11. The second kappa shape index (κ2) is 8.92. The summed E-state index contributed by atoms with van der Waals surface area (Å²) in [6, 6.07) is 5.46. The average molecular weight is 481 g/mol. The van der Waals surface area contributed by atoms with Gasteiger partial charge in [0.1, 0.15) is 0 Å². The molecule has 1 amide bonds. The Morgan fingerprint density at radius 3 is 2.47 bits per heavy atom. The Hall–Kier alpha value is -2.30. The number of anilines is 1. The van der Waals surface area contributed by atoms with Crippen molar-refractivity contribution in [3.05, 3.63) is 51.5 Å². The molecule has 32 heavy (non-hydrogen) atoms. The fraction of sp³-hybridized carbons (Fsp3) is 0.409. The highest BCUT2D eigenvalue weighted by atomic mass is 32.1. The first-order chi connectivity index (χ1) is 15.1. The van der Waals surface area contributed by atoms with Crippen LogP contribution in [-0.2, 0) is 17.5 Å². The van der Waals surface area contributed by atoms with Gasteiger partial charge in [-0.25, -0.2) is 9.97 Å². The van der Waals surface area contributed by atoms with Crippen LogP contribution in [0.25, 0.3) is 10.6 Å². The zero-order chi connectivity index (χ0) is 23.0. The fourth-order valence-corrected chi connectivity index (χ4v) is 5.45. The minimum absolute atomic E-state index is 0.0395. The molecule has 2 aromatic heterocycles. The highest BCUT2D eigenvalue weighted by Crippen LogP contribution is 2.35. The van der Waals surface area contributed by atoms with E-state index in [1.54, 1.807) is 11.3 Å². The van der Waals surface area contributed by atoms with Crippen molar-refractivity contribution in [1.29, 1.82) is 0 Å². The number of thiazole rings is 2. The van der Waals surface area contributed by atoms with Gasteiger partial charge in [-0.1, -0.05) is 12.1 Å². The maximum atomic E-state index is 12.7. The van der Waals surface area contributed by atoms with Crippen LogP contribution in [0.5, 0.6) is 0 Å². The molecule has 1 aliphatic carbocycles. The summed E-state index contributed by atoms with van der Waals surface area (Å²) in [5.74, 6) is -0.128. The van der Waals surface area contributed by atoms with Crippen molar-refractivity contribution in [2.75, 3.05) is 12.4 Å². The lowest BCUT2D eigenvalue weighted by Crippen LogP contribution is -2.46. The quantitative estimate of drug-likeness (QED) is 0.488. The molecule has 4 rings (SSSR count). The largest absolute Gasteiger partial charge is 0.416 e. The standard InChI is InChI=1S/C22H23F3N4OS2/c1-12-19(32-13(2)26-12)18-11-31-21(27-18)28-20(30)15-8-17(9-15)29(3)10-14-4-6-16(7-5-14)22(23,24)25/h4-7,11,15,17H,8-10H2,1-3H3,(H,27,28,30)/t15-,17-. The van der Waals surface area contributed by atoms with Crippen LogP contribution in [-0.4, -0.2) is 33.9 Å². The number of benzene rings is 1. The molecule has 0 spiro atoms. The lowest BCUT2D eigenvalue weighted by molar-refractivity contribution is -0.137. The van der Waals surface area contributed by atoms with Crippen LogP contribution in [0.4, 0.5) is 18.3 Å². The monoisotopic (exact) mass is 480 g/mol. The van der Waals surface area contributed by atoms with E-state index in [1.165, 1.54) is 23.5 Å². The smallest absolute Gasteiger partial charge is 0.302 e. The van der Waals surface area contributed by atoms with E-state index in [2.05, 4.69) is 20.2 Å². The molecule has 10 heteroatoms. The normalized spacial score (nSPS) is 18.6. The van der Waals surface area contributed by atoms with Crippen molar-refractivity contribution < 1.29 is 18.0 Å². The number of carbonyl (C=O) groups is 1. The Morgan fingerprint density at radius 2 is 1.88 bits per heavy atom. The molecule has 3 aromatic rings. The van der Waals surface area contributed by atoms with Gasteiger partial charge in [0, 0.05) is 23.9 Å². The number of halogens is 3. The number of amides is 1. The first kappa shape index (κ1) is 22.9. The third-order valence-corrected chi connectivity index (χ3v) is 7.54. The first-order valence-corrected chi connectivity index (χ1v) is 11.9. The molecule has 2 heterocycles. The average Bonchev–Trinajstić information content (AvgIpc) is 3.25. The van der Waals surface area contributed by atoms with E-state index in [1.807, 2.05) is 26.3 Å². The number of carbonyl (C=O) groups excluding carboxylic acids is 1. The number of aryl methyl sites for hydroxylation is 2. The molecular weight excluding hydrogens is 457 g/mol. The maximum absolute atomic E-state index is 12.7. The Bertz CT molecular complexity index is 1100. The number of nitrogens with one attached hydrogen (secondary N) is 1. The molecule has 5 nitrogen and oxygen atoms in total. The molecule has 0 bridgehead atoms. The van der Waals surface area contributed by atoms with Gasteiger partial charge in [-0.15, -0.1) is 22.7 Å². The van der Waals surface area contributed by atoms with Crippen LogP contribution in [0, 0.1) is 19.8 Å². The molecule has 0 atom stereocenters. The van der Waals surface area contributed by atoms with E-state index in [9.17, 15) is 18.0 Å². The van der Waals surface area contributed by atoms with Crippen molar-refractivity contribution in [3.8, 4) is 10.6 Å². The number of aromatic nitrogens is 2. The Morgan fingerprint density at radius 1 is 1.19 bits per heavy atom. The molecule has 1 aromatic carbocycles. The van der Waals surface area contributed by atoms with E-state index >= 15 is 0 Å². The van der Waals surface area contributed by atoms with Crippen molar-refractivity contribution in [2.24, 2.45) is 5.92 Å². The number of hydrogen-bond acceptors (Lipinski definition) is 6. The maximum Gasteiger partial charge on any atom is 0.416 e. The summed E-state index contributed by atoms with van der Waals surface area (Å²) < 4.78 is 38.1. The molecule has 0 unspecified atom stereocenters. The van der Waals surface area contributed by atoms with Crippen LogP contribution < -0.4 is 5.32 Å². The van der Waals surface area contributed by atoms with Gasteiger partial charge in [-0.2, -0.15) is 13.2 Å². The van der Waals surface area contributed by atoms with Crippen LogP contribution in [0.15, 0.2) is 29.6 Å². The van der Waals surface area contributed by atoms with Crippen molar-refractivity contribution in [2.45, 2.75) is 45.5 Å². The van der Waals surface area contributed by atoms with Crippen LogP contribution in [0.3, 0.4) is 0 Å². The summed E-state index contributed by atoms with van der Waals surface area (Å²) in [5, 5.41) is 6.41. The van der Waals surface area contributed by atoms with E-state index in [0.29, 0.717) is 24.5 Å². The van der Waals surface area contributed by atoms with Crippen LogP contribution in [0.1, 0.15) is 34.7 Å². The SMILES string of the molecule is Cc1nc(C)c(-c2csc(NC(=O)[C@H]3C[C@H](N(C)Cc4ccc(C(F)(F)F)cc4)C3)n2)s1.